The van der Waals surface area contributed by atoms with Gasteiger partial charge in [-0.2, -0.15) is 0 Å². The van der Waals surface area contributed by atoms with Gasteiger partial charge in [-0.1, -0.05) is 48.5 Å². The van der Waals surface area contributed by atoms with Crippen LogP contribution in [0.15, 0.2) is 27.1 Å². The summed E-state index contributed by atoms with van der Waals surface area (Å²) in [6, 6.07) is 6.23. The second-order valence-electron chi connectivity index (χ2n) is 3.97. The predicted octanol–water partition coefficient (Wildman–Crippen LogP) is 5.59. The van der Waals surface area contributed by atoms with Gasteiger partial charge in [-0.3, -0.25) is 0 Å². The largest absolute Gasteiger partial charge is 0.384 e. The number of hydrogen-bond donors (Lipinski definition) is 1. The molecule has 16 heavy (non-hydrogen) atoms. The Labute approximate surface area is 115 Å². The second kappa shape index (κ2) is 8.13. The lowest BCUT2D eigenvalue weighted by Crippen LogP contribution is -2.01. The Morgan fingerprint density at radius 2 is 1.81 bits per heavy atom. The molecule has 0 unspecified atom stereocenters. The Hall–Kier alpha value is -0.0200. The molecule has 0 radical (unpaired) electrons. The van der Waals surface area contributed by atoms with Crippen LogP contribution in [0.1, 0.15) is 39.0 Å². The SMILES string of the molecule is CCCCCCCNc1ccc(Br)cc1Br. The van der Waals surface area contributed by atoms with Crippen molar-refractivity contribution < 1.29 is 0 Å². The van der Waals surface area contributed by atoms with Crippen molar-refractivity contribution >= 4 is 37.5 Å². The Kier molecular flexibility index (Phi) is 7.13. The molecule has 1 nitrogen and oxygen atoms in total. The summed E-state index contributed by atoms with van der Waals surface area (Å²) < 4.78 is 2.23. The van der Waals surface area contributed by atoms with Gasteiger partial charge in [0, 0.05) is 21.2 Å². The van der Waals surface area contributed by atoms with E-state index in [2.05, 4.69) is 62.3 Å². The Morgan fingerprint density at radius 3 is 2.50 bits per heavy atom. The van der Waals surface area contributed by atoms with E-state index in [0.717, 1.165) is 15.5 Å². The van der Waals surface area contributed by atoms with Crippen molar-refractivity contribution in [1.29, 1.82) is 0 Å². The van der Waals surface area contributed by atoms with E-state index >= 15 is 0 Å². The van der Waals surface area contributed by atoms with Crippen molar-refractivity contribution in [1.82, 2.24) is 0 Å². The van der Waals surface area contributed by atoms with E-state index in [4.69, 9.17) is 0 Å². The number of unbranched alkanes of at least 4 members (excludes halogenated alkanes) is 4. The third kappa shape index (κ3) is 5.35. The molecular weight excluding hydrogens is 330 g/mol. The molecule has 0 saturated heterocycles. The lowest BCUT2D eigenvalue weighted by molar-refractivity contribution is 0.645. The van der Waals surface area contributed by atoms with Crippen molar-refractivity contribution in [3.05, 3.63) is 27.1 Å². The van der Waals surface area contributed by atoms with Gasteiger partial charge in [-0.15, -0.1) is 0 Å². The van der Waals surface area contributed by atoms with Crippen LogP contribution in [-0.4, -0.2) is 6.54 Å². The summed E-state index contributed by atoms with van der Waals surface area (Å²) in [6.07, 6.45) is 6.62. The maximum atomic E-state index is 3.55. The molecular formula is C13H19Br2N. The highest BCUT2D eigenvalue weighted by Crippen LogP contribution is 2.26. The normalized spacial score (nSPS) is 10.4. The first-order valence-corrected chi connectivity index (χ1v) is 7.51. The van der Waals surface area contributed by atoms with E-state index in [1.807, 2.05) is 0 Å². The standard InChI is InChI=1S/C13H19Br2N/c1-2-3-4-5-6-9-16-13-8-7-11(14)10-12(13)15/h7-8,10,16H,2-6,9H2,1H3. The second-order valence-corrected chi connectivity index (χ2v) is 5.74. The summed E-state index contributed by atoms with van der Waals surface area (Å²) in [5, 5.41) is 3.45. The maximum absolute atomic E-state index is 3.55. The summed E-state index contributed by atoms with van der Waals surface area (Å²) in [6.45, 7) is 3.31. The molecule has 0 saturated carbocycles. The summed E-state index contributed by atoms with van der Waals surface area (Å²) in [7, 11) is 0. The van der Waals surface area contributed by atoms with Crippen LogP contribution in [0.3, 0.4) is 0 Å². The average Bonchev–Trinajstić information content (AvgIpc) is 2.26. The Balaban J connectivity index is 2.21. The number of benzene rings is 1. The fourth-order valence-electron chi connectivity index (χ4n) is 1.58. The number of hydrogen-bond acceptors (Lipinski definition) is 1. The summed E-state index contributed by atoms with van der Waals surface area (Å²) in [4.78, 5) is 0. The topological polar surface area (TPSA) is 12.0 Å². The van der Waals surface area contributed by atoms with Gasteiger partial charge in [-0.25, -0.2) is 0 Å². The van der Waals surface area contributed by atoms with Gasteiger partial charge in [0.15, 0.2) is 0 Å². The zero-order chi connectivity index (χ0) is 11.8. The molecule has 0 spiro atoms. The molecule has 0 aliphatic carbocycles. The molecule has 0 bridgehead atoms. The van der Waals surface area contributed by atoms with E-state index in [-0.39, 0.29) is 0 Å². The Bertz CT molecular complexity index is 313. The van der Waals surface area contributed by atoms with Gasteiger partial charge in [-0.05, 0) is 40.5 Å². The minimum atomic E-state index is 1.06. The first-order chi connectivity index (χ1) is 7.74. The average molecular weight is 349 g/mol. The minimum Gasteiger partial charge on any atom is -0.384 e. The van der Waals surface area contributed by atoms with E-state index in [9.17, 15) is 0 Å². The van der Waals surface area contributed by atoms with Crippen molar-refractivity contribution in [2.75, 3.05) is 11.9 Å². The van der Waals surface area contributed by atoms with Crippen LogP contribution in [-0.2, 0) is 0 Å². The first kappa shape index (κ1) is 14.0. The van der Waals surface area contributed by atoms with E-state index in [0.29, 0.717) is 0 Å². The van der Waals surface area contributed by atoms with E-state index in [1.54, 1.807) is 0 Å². The van der Waals surface area contributed by atoms with E-state index < -0.39 is 0 Å². The summed E-state index contributed by atoms with van der Waals surface area (Å²) in [5.74, 6) is 0. The number of anilines is 1. The monoisotopic (exact) mass is 347 g/mol. The van der Waals surface area contributed by atoms with Crippen LogP contribution < -0.4 is 5.32 Å². The third-order valence-electron chi connectivity index (χ3n) is 2.53. The molecule has 0 amide bonds. The van der Waals surface area contributed by atoms with Crippen LogP contribution in [0.2, 0.25) is 0 Å². The molecule has 0 heterocycles. The highest BCUT2D eigenvalue weighted by atomic mass is 79.9. The minimum absolute atomic E-state index is 1.06. The summed E-state index contributed by atoms with van der Waals surface area (Å²) >= 11 is 7.00. The van der Waals surface area contributed by atoms with Crippen LogP contribution in [0.25, 0.3) is 0 Å². The third-order valence-corrected chi connectivity index (χ3v) is 3.68. The molecule has 0 aliphatic heterocycles. The smallest absolute Gasteiger partial charge is 0.0485 e. The number of nitrogens with one attached hydrogen (secondary N) is 1. The molecule has 1 N–H and O–H groups in total. The van der Waals surface area contributed by atoms with Crippen LogP contribution in [0.5, 0.6) is 0 Å². The molecule has 90 valence electrons. The predicted molar refractivity (Wildman–Crippen MR) is 79.1 cm³/mol. The molecule has 1 aromatic carbocycles. The molecule has 0 fully saturated rings. The number of rotatable bonds is 7. The molecule has 1 rings (SSSR count). The zero-order valence-electron chi connectivity index (χ0n) is 9.73. The molecule has 0 atom stereocenters. The van der Waals surface area contributed by atoms with Gasteiger partial charge in [0.25, 0.3) is 0 Å². The lowest BCUT2D eigenvalue weighted by atomic mass is 10.1. The van der Waals surface area contributed by atoms with Crippen LogP contribution in [0, 0.1) is 0 Å². The fraction of sp³-hybridized carbons (Fsp3) is 0.538. The van der Waals surface area contributed by atoms with Gasteiger partial charge in [0.05, 0.1) is 0 Å². The highest BCUT2D eigenvalue weighted by molar-refractivity contribution is 9.11. The molecule has 1 aromatic rings. The number of halogens is 2. The van der Waals surface area contributed by atoms with Crippen molar-refractivity contribution in [3.8, 4) is 0 Å². The van der Waals surface area contributed by atoms with Gasteiger partial charge < -0.3 is 5.32 Å². The lowest BCUT2D eigenvalue weighted by Gasteiger charge is -2.08. The van der Waals surface area contributed by atoms with Gasteiger partial charge >= 0.3 is 0 Å². The maximum Gasteiger partial charge on any atom is 0.0485 e. The highest BCUT2D eigenvalue weighted by Gasteiger charge is 1.99. The van der Waals surface area contributed by atoms with Crippen LogP contribution in [0.4, 0.5) is 5.69 Å². The van der Waals surface area contributed by atoms with Crippen molar-refractivity contribution in [3.63, 3.8) is 0 Å². The van der Waals surface area contributed by atoms with Gasteiger partial charge in [0.2, 0.25) is 0 Å². The zero-order valence-corrected chi connectivity index (χ0v) is 12.9. The molecule has 3 heteroatoms. The van der Waals surface area contributed by atoms with E-state index in [1.165, 1.54) is 37.8 Å². The fourth-order valence-corrected chi connectivity index (χ4v) is 2.77. The first-order valence-electron chi connectivity index (χ1n) is 5.93. The summed E-state index contributed by atoms with van der Waals surface area (Å²) in [5.41, 5.74) is 1.18. The van der Waals surface area contributed by atoms with Crippen LogP contribution >= 0.6 is 31.9 Å². The quantitative estimate of drug-likeness (QED) is 0.633. The van der Waals surface area contributed by atoms with Crippen molar-refractivity contribution in [2.24, 2.45) is 0 Å². The Morgan fingerprint density at radius 1 is 1.06 bits per heavy atom. The van der Waals surface area contributed by atoms with Gasteiger partial charge in [0.1, 0.15) is 0 Å². The molecule has 0 aromatic heterocycles. The molecule has 0 aliphatic rings. The van der Waals surface area contributed by atoms with Crippen molar-refractivity contribution in [2.45, 2.75) is 39.0 Å².